The summed E-state index contributed by atoms with van der Waals surface area (Å²) in [7, 11) is 0. The highest BCUT2D eigenvalue weighted by Crippen LogP contribution is 2.32. The molecule has 0 spiro atoms. The van der Waals surface area contributed by atoms with Gasteiger partial charge in [-0.25, -0.2) is 4.68 Å². The number of ether oxygens (including phenoxy) is 2. The fourth-order valence-electron chi connectivity index (χ4n) is 3.89. The van der Waals surface area contributed by atoms with E-state index in [0.29, 0.717) is 25.6 Å². The predicted octanol–water partition coefficient (Wildman–Crippen LogP) is 6.06. The minimum absolute atomic E-state index is 0.269. The molecule has 190 valence electrons. The Balaban J connectivity index is 1.95. The minimum Gasteiger partial charge on any atom is -0.439 e. The van der Waals surface area contributed by atoms with Gasteiger partial charge in [-0.05, 0) is 77.8 Å². The average Bonchev–Trinajstić information content (AvgIpc) is 3.11. The van der Waals surface area contributed by atoms with Gasteiger partial charge in [-0.1, -0.05) is 37.3 Å². The first-order valence-electron chi connectivity index (χ1n) is 12.5. The summed E-state index contributed by atoms with van der Waals surface area (Å²) in [5.41, 5.74) is 3.71. The van der Waals surface area contributed by atoms with Crippen LogP contribution in [-0.2, 0) is 11.3 Å². The molecule has 2 aromatic carbocycles. The number of aliphatic hydroxyl groups is 1. The van der Waals surface area contributed by atoms with Gasteiger partial charge in [0.15, 0.2) is 0 Å². The van der Waals surface area contributed by atoms with Crippen LogP contribution in [0.1, 0.15) is 57.9 Å². The third-order valence-electron chi connectivity index (χ3n) is 6.07. The standard InChI is InChI=1S/C29H41N3O3/c1-8-22(3)31(18-25(33)20-34-29(5,6)7)19-27-23(4)30-32(24-14-10-9-11-15-24)28(27)35-26-16-12-13-21(2)17-26/h9-17,22,25,33H,8,18-20H2,1-7H3/t22-,25-/m0/s1. The van der Waals surface area contributed by atoms with Gasteiger partial charge in [-0.15, -0.1) is 0 Å². The number of aryl methyl sites for hydroxylation is 2. The van der Waals surface area contributed by atoms with Crippen LogP contribution >= 0.6 is 0 Å². The van der Waals surface area contributed by atoms with E-state index in [2.05, 4.69) is 31.7 Å². The van der Waals surface area contributed by atoms with Crippen molar-refractivity contribution < 1.29 is 14.6 Å². The molecule has 3 aromatic rings. The van der Waals surface area contributed by atoms with Gasteiger partial charge in [0.05, 0.1) is 35.3 Å². The molecule has 0 bridgehead atoms. The zero-order valence-corrected chi connectivity index (χ0v) is 22.3. The topological polar surface area (TPSA) is 59.8 Å². The van der Waals surface area contributed by atoms with Crippen molar-refractivity contribution in [2.75, 3.05) is 13.2 Å². The molecule has 0 aliphatic carbocycles. The number of hydrogen-bond donors (Lipinski definition) is 1. The Morgan fingerprint density at radius 2 is 1.77 bits per heavy atom. The lowest BCUT2D eigenvalue weighted by atomic mass is 10.1. The molecule has 0 unspecified atom stereocenters. The minimum atomic E-state index is -0.589. The largest absolute Gasteiger partial charge is 0.439 e. The molecule has 0 radical (unpaired) electrons. The van der Waals surface area contributed by atoms with Gasteiger partial charge < -0.3 is 14.6 Å². The Morgan fingerprint density at radius 3 is 2.40 bits per heavy atom. The molecule has 0 saturated carbocycles. The van der Waals surface area contributed by atoms with E-state index in [1.54, 1.807) is 0 Å². The quantitative estimate of drug-likeness (QED) is 0.362. The van der Waals surface area contributed by atoms with Crippen LogP contribution < -0.4 is 4.74 Å². The zero-order valence-electron chi connectivity index (χ0n) is 22.3. The van der Waals surface area contributed by atoms with Crippen LogP contribution in [0, 0.1) is 13.8 Å². The summed E-state index contributed by atoms with van der Waals surface area (Å²) in [5.74, 6) is 1.48. The van der Waals surface area contributed by atoms with Gasteiger partial charge in [0.25, 0.3) is 0 Å². The van der Waals surface area contributed by atoms with E-state index in [4.69, 9.17) is 14.6 Å². The van der Waals surface area contributed by atoms with Gasteiger partial charge in [0, 0.05) is 19.1 Å². The molecule has 0 aliphatic rings. The van der Waals surface area contributed by atoms with Crippen molar-refractivity contribution in [1.29, 1.82) is 0 Å². The summed E-state index contributed by atoms with van der Waals surface area (Å²) >= 11 is 0. The summed E-state index contributed by atoms with van der Waals surface area (Å²) in [6.07, 6.45) is 0.376. The molecule has 6 heteroatoms. The fraction of sp³-hybridized carbons (Fsp3) is 0.483. The second-order valence-corrected chi connectivity index (χ2v) is 10.3. The van der Waals surface area contributed by atoms with Crippen LogP contribution in [0.25, 0.3) is 5.69 Å². The van der Waals surface area contributed by atoms with Gasteiger partial charge in [-0.3, -0.25) is 4.90 Å². The third-order valence-corrected chi connectivity index (χ3v) is 6.07. The fourth-order valence-corrected chi connectivity index (χ4v) is 3.89. The highest BCUT2D eigenvalue weighted by molar-refractivity contribution is 5.43. The lowest BCUT2D eigenvalue weighted by Crippen LogP contribution is -2.41. The van der Waals surface area contributed by atoms with Crippen molar-refractivity contribution in [3.63, 3.8) is 0 Å². The molecule has 35 heavy (non-hydrogen) atoms. The highest BCUT2D eigenvalue weighted by atomic mass is 16.5. The van der Waals surface area contributed by atoms with Crippen molar-refractivity contribution in [2.24, 2.45) is 0 Å². The predicted molar refractivity (Wildman–Crippen MR) is 141 cm³/mol. The van der Waals surface area contributed by atoms with E-state index in [0.717, 1.165) is 34.7 Å². The van der Waals surface area contributed by atoms with E-state index in [-0.39, 0.29) is 11.6 Å². The second kappa shape index (κ2) is 11.8. The van der Waals surface area contributed by atoms with Crippen molar-refractivity contribution >= 4 is 0 Å². The number of rotatable bonds is 11. The monoisotopic (exact) mass is 479 g/mol. The highest BCUT2D eigenvalue weighted by Gasteiger charge is 2.25. The van der Waals surface area contributed by atoms with Crippen molar-refractivity contribution in [3.8, 4) is 17.3 Å². The summed E-state index contributed by atoms with van der Waals surface area (Å²) < 4.78 is 14.2. The number of nitrogens with zero attached hydrogens (tertiary/aromatic N) is 3. The molecule has 0 aliphatic heterocycles. The Kier molecular flexibility index (Phi) is 9.11. The van der Waals surface area contributed by atoms with Crippen LogP contribution in [0.2, 0.25) is 0 Å². The summed E-state index contributed by atoms with van der Waals surface area (Å²) in [6, 6.07) is 18.4. The maximum atomic E-state index is 10.8. The molecule has 6 nitrogen and oxygen atoms in total. The summed E-state index contributed by atoms with van der Waals surface area (Å²) in [4.78, 5) is 2.29. The number of aromatic nitrogens is 2. The number of benzene rings is 2. The number of aliphatic hydroxyl groups excluding tert-OH is 1. The van der Waals surface area contributed by atoms with E-state index in [1.165, 1.54) is 0 Å². The lowest BCUT2D eigenvalue weighted by molar-refractivity contribution is -0.0593. The first-order chi connectivity index (χ1) is 16.6. The number of hydrogen-bond acceptors (Lipinski definition) is 5. The van der Waals surface area contributed by atoms with Gasteiger partial charge in [0.1, 0.15) is 5.75 Å². The van der Waals surface area contributed by atoms with Crippen molar-refractivity contribution in [2.45, 2.75) is 79.2 Å². The second-order valence-electron chi connectivity index (χ2n) is 10.3. The normalized spacial score (nSPS) is 13.7. The SMILES string of the molecule is CC[C@H](C)N(Cc1c(C)nn(-c2ccccc2)c1Oc1cccc(C)c1)C[C@H](O)COC(C)(C)C. The molecule has 1 heterocycles. The van der Waals surface area contributed by atoms with Gasteiger partial charge in [0.2, 0.25) is 5.88 Å². The maximum absolute atomic E-state index is 10.8. The van der Waals surface area contributed by atoms with Crippen molar-refractivity contribution in [3.05, 3.63) is 71.4 Å². The van der Waals surface area contributed by atoms with Crippen LogP contribution in [0.15, 0.2) is 54.6 Å². The third kappa shape index (κ3) is 7.66. The van der Waals surface area contributed by atoms with E-state index in [9.17, 15) is 5.11 Å². The Labute approximate surface area is 210 Å². The van der Waals surface area contributed by atoms with Crippen LogP contribution in [0.3, 0.4) is 0 Å². The van der Waals surface area contributed by atoms with Crippen LogP contribution in [0.4, 0.5) is 0 Å². The molecular weight excluding hydrogens is 438 g/mol. The Hall–Kier alpha value is -2.67. The van der Waals surface area contributed by atoms with Crippen LogP contribution in [0.5, 0.6) is 11.6 Å². The molecule has 0 amide bonds. The lowest BCUT2D eigenvalue weighted by Gasteiger charge is -2.31. The van der Waals surface area contributed by atoms with Gasteiger partial charge in [-0.2, -0.15) is 5.10 Å². The van der Waals surface area contributed by atoms with Crippen LogP contribution in [-0.4, -0.2) is 50.7 Å². The molecule has 3 rings (SSSR count). The summed E-state index contributed by atoms with van der Waals surface area (Å²) in [5, 5.41) is 15.6. The first kappa shape index (κ1) is 26.9. The van der Waals surface area contributed by atoms with Crippen molar-refractivity contribution in [1.82, 2.24) is 14.7 Å². The van der Waals surface area contributed by atoms with E-state index < -0.39 is 6.10 Å². The Bertz CT molecular complexity index is 1070. The Morgan fingerprint density at radius 1 is 1.06 bits per heavy atom. The molecule has 0 saturated heterocycles. The molecular formula is C29H41N3O3. The average molecular weight is 480 g/mol. The smallest absolute Gasteiger partial charge is 0.227 e. The summed E-state index contributed by atoms with van der Waals surface area (Å²) in [6.45, 7) is 15.9. The van der Waals surface area contributed by atoms with E-state index in [1.807, 2.05) is 80.9 Å². The molecule has 0 fully saturated rings. The molecule has 1 aromatic heterocycles. The zero-order chi connectivity index (χ0) is 25.6. The first-order valence-corrected chi connectivity index (χ1v) is 12.5. The van der Waals surface area contributed by atoms with Gasteiger partial charge >= 0.3 is 0 Å². The van der Waals surface area contributed by atoms with E-state index >= 15 is 0 Å². The maximum Gasteiger partial charge on any atom is 0.227 e. The number of para-hydroxylation sites is 1. The molecule has 1 N–H and O–H groups in total. The molecule has 2 atom stereocenters.